The highest BCUT2D eigenvalue weighted by Gasteiger charge is 2.32. The topological polar surface area (TPSA) is 24.2 Å². The molecule has 0 atom stereocenters. The predicted octanol–water partition coefficient (Wildman–Crippen LogP) is 3.51. The first-order valence-electron chi connectivity index (χ1n) is 9.83. The smallest absolute Gasteiger partial charge is 0.263 e. The summed E-state index contributed by atoms with van der Waals surface area (Å²) < 4.78 is 3.67. The zero-order valence-corrected chi connectivity index (χ0v) is 17.8. The summed E-state index contributed by atoms with van der Waals surface area (Å²) in [7, 11) is 2.08. The number of hydrogen-bond acceptors (Lipinski definition) is 3. The molecule has 0 saturated carbocycles. The van der Waals surface area contributed by atoms with Crippen LogP contribution in [0.2, 0.25) is 0 Å². The van der Waals surface area contributed by atoms with Gasteiger partial charge in [-0.25, -0.2) is 0 Å². The highest BCUT2D eigenvalue weighted by molar-refractivity contribution is 7.10. The minimum absolute atomic E-state index is 0.225. The molecule has 144 valence electrons. The molecule has 2 heterocycles. The van der Waals surface area contributed by atoms with Gasteiger partial charge in [0.05, 0.1) is 5.41 Å². The van der Waals surface area contributed by atoms with E-state index in [1.807, 2.05) is 25.2 Å². The van der Waals surface area contributed by atoms with Gasteiger partial charge in [-0.15, -0.1) is 0 Å². The summed E-state index contributed by atoms with van der Waals surface area (Å²) in [6.45, 7) is 6.48. The number of benzene rings is 1. The molecule has 1 aromatic carbocycles. The first kappa shape index (κ1) is 18.9. The molecule has 4 rings (SSSR count). The van der Waals surface area contributed by atoms with E-state index in [1.54, 1.807) is 6.92 Å². The van der Waals surface area contributed by atoms with Crippen molar-refractivity contribution in [3.05, 3.63) is 57.0 Å². The Bertz CT molecular complexity index is 1120. The van der Waals surface area contributed by atoms with E-state index in [-0.39, 0.29) is 5.78 Å². The fourth-order valence-electron chi connectivity index (χ4n) is 3.69. The number of thiazole rings is 1. The van der Waals surface area contributed by atoms with E-state index in [4.69, 9.17) is 0 Å². The van der Waals surface area contributed by atoms with Gasteiger partial charge in [-0.2, -0.15) is 4.57 Å². The van der Waals surface area contributed by atoms with Gasteiger partial charge in [-0.1, -0.05) is 35.6 Å². The third-order valence-electron chi connectivity index (χ3n) is 5.72. The van der Waals surface area contributed by atoms with E-state index < -0.39 is 5.41 Å². The van der Waals surface area contributed by atoms with Crippen LogP contribution in [0.15, 0.2) is 36.5 Å². The van der Waals surface area contributed by atoms with Crippen LogP contribution in [-0.4, -0.2) is 12.8 Å². The molecule has 0 bridgehead atoms. The maximum absolute atomic E-state index is 12.2. The van der Waals surface area contributed by atoms with Crippen molar-refractivity contribution in [2.24, 2.45) is 5.41 Å². The van der Waals surface area contributed by atoms with Crippen LogP contribution in [0.25, 0.3) is 23.8 Å². The number of nitrogens with zero attached hydrogens (tertiary/aromatic N) is 2. The van der Waals surface area contributed by atoms with E-state index in [9.17, 15) is 4.79 Å². The number of ketones is 1. The number of rotatable bonds is 4. The lowest BCUT2D eigenvalue weighted by Gasteiger charge is -2.23. The molecule has 1 aromatic heterocycles. The maximum atomic E-state index is 12.2. The quantitative estimate of drug-likeness (QED) is 0.745. The molecule has 0 amide bonds. The van der Waals surface area contributed by atoms with E-state index in [1.165, 1.54) is 31.7 Å². The number of hydrogen-bond donors (Lipinski definition) is 0. The molecule has 2 aromatic rings. The summed E-state index contributed by atoms with van der Waals surface area (Å²) >= 11 is 1.82. The van der Waals surface area contributed by atoms with Crippen LogP contribution < -0.4 is 19.3 Å². The van der Waals surface area contributed by atoms with Crippen LogP contribution in [0.1, 0.15) is 44.2 Å². The lowest BCUT2D eigenvalue weighted by molar-refractivity contribution is -0.715. The fourth-order valence-corrected chi connectivity index (χ4v) is 4.87. The molecule has 0 unspecified atom stereocenters. The number of allylic oxidation sites excluding steroid dienone is 2. The van der Waals surface area contributed by atoms with Crippen LogP contribution >= 0.6 is 11.3 Å². The van der Waals surface area contributed by atoms with E-state index in [0.29, 0.717) is 6.54 Å². The minimum Gasteiger partial charge on any atom is -0.351 e. The molecule has 0 N–H and O–H groups in total. The van der Waals surface area contributed by atoms with E-state index >= 15 is 0 Å². The molecule has 3 nitrogen and oxygen atoms in total. The molecule has 1 aliphatic carbocycles. The van der Waals surface area contributed by atoms with E-state index in [0.717, 1.165) is 12.8 Å². The summed E-state index contributed by atoms with van der Waals surface area (Å²) in [5.74, 6) is 0.225. The second kappa shape index (κ2) is 7.17. The number of carbonyl (C=O) groups excluding carboxylic acids is 1. The van der Waals surface area contributed by atoms with E-state index in [2.05, 4.69) is 71.3 Å². The average molecular weight is 392 g/mol. The number of aromatic nitrogens is 1. The van der Waals surface area contributed by atoms with Crippen LogP contribution in [0, 0.1) is 5.41 Å². The summed E-state index contributed by atoms with van der Waals surface area (Å²) in [4.78, 5) is 14.4. The lowest BCUT2D eigenvalue weighted by atomic mass is 9.89. The molecule has 0 saturated heterocycles. The Kier molecular flexibility index (Phi) is 4.84. The molecule has 0 fully saturated rings. The van der Waals surface area contributed by atoms with Crippen molar-refractivity contribution in [3.8, 4) is 0 Å². The van der Waals surface area contributed by atoms with Gasteiger partial charge in [0.25, 0.3) is 5.01 Å². The molecule has 4 heteroatoms. The average Bonchev–Trinajstić information content (AvgIpc) is 3.01. The van der Waals surface area contributed by atoms with Crippen molar-refractivity contribution in [3.63, 3.8) is 0 Å². The van der Waals surface area contributed by atoms with Gasteiger partial charge in [-0.3, -0.25) is 4.79 Å². The monoisotopic (exact) mass is 391 g/mol. The zero-order valence-electron chi connectivity index (χ0n) is 17.0. The van der Waals surface area contributed by atoms with Crippen molar-refractivity contribution >= 4 is 46.6 Å². The molecular formula is C24H27N2OS+. The van der Waals surface area contributed by atoms with Crippen molar-refractivity contribution in [1.82, 2.24) is 0 Å². The van der Waals surface area contributed by atoms with Gasteiger partial charge in [0, 0.05) is 30.6 Å². The first-order chi connectivity index (χ1) is 13.4. The highest BCUT2D eigenvalue weighted by Crippen LogP contribution is 2.32. The van der Waals surface area contributed by atoms with Crippen LogP contribution in [0.4, 0.5) is 5.69 Å². The number of fused-ring (bicyclic) bond motifs is 2. The van der Waals surface area contributed by atoms with Gasteiger partial charge in [0.2, 0.25) is 5.35 Å². The Hall–Kier alpha value is -2.46. The van der Waals surface area contributed by atoms with Gasteiger partial charge in [0.15, 0.2) is 6.54 Å². The summed E-state index contributed by atoms with van der Waals surface area (Å²) in [6.07, 6.45) is 13.4. The Morgan fingerprint density at radius 2 is 2.00 bits per heavy atom. The van der Waals surface area contributed by atoms with Crippen molar-refractivity contribution in [1.29, 1.82) is 0 Å². The predicted molar refractivity (Wildman–Crippen MR) is 118 cm³/mol. The Morgan fingerprint density at radius 3 is 2.79 bits per heavy atom. The maximum Gasteiger partial charge on any atom is 0.263 e. The standard InChI is InChI=1S/C24H27N2OS/c1-17(27)24(2,3)16-26-21-11-7-8-12-22(21)28-23(26)15-18-13-14-25(4)20-10-6-5-9-19(18)20/h5-6,9-15H,7-8,16H2,1-4H3/q+1. The molecule has 2 aliphatic rings. The van der Waals surface area contributed by atoms with Crippen molar-refractivity contribution < 1.29 is 9.36 Å². The van der Waals surface area contributed by atoms with Crippen molar-refractivity contribution in [2.75, 3.05) is 11.9 Å². The second-order valence-electron chi connectivity index (χ2n) is 8.25. The summed E-state index contributed by atoms with van der Waals surface area (Å²) in [5.41, 5.74) is 3.27. The van der Waals surface area contributed by atoms with Crippen LogP contribution in [0.5, 0.6) is 0 Å². The first-order valence-corrected chi connectivity index (χ1v) is 10.6. The van der Waals surface area contributed by atoms with Crippen LogP contribution in [-0.2, 0) is 11.3 Å². The molecule has 28 heavy (non-hydrogen) atoms. The van der Waals surface area contributed by atoms with Crippen LogP contribution in [0.3, 0.4) is 0 Å². The Morgan fingerprint density at radius 1 is 1.25 bits per heavy atom. The van der Waals surface area contributed by atoms with Gasteiger partial charge in [-0.05, 0) is 57.4 Å². The highest BCUT2D eigenvalue weighted by atomic mass is 32.1. The number of para-hydroxylation sites is 1. The Labute approximate surface area is 170 Å². The normalized spacial score (nSPS) is 17.0. The Balaban J connectivity index is 1.88. The number of anilines is 1. The zero-order chi connectivity index (χ0) is 19.9. The molecule has 0 spiro atoms. The lowest BCUT2D eigenvalue weighted by Crippen LogP contribution is -2.58. The largest absolute Gasteiger partial charge is 0.351 e. The third-order valence-corrected chi connectivity index (χ3v) is 6.86. The van der Waals surface area contributed by atoms with Gasteiger partial charge in [0.1, 0.15) is 10.3 Å². The molecule has 0 radical (unpaired) electrons. The van der Waals surface area contributed by atoms with Crippen molar-refractivity contribution in [2.45, 2.75) is 40.2 Å². The fraction of sp³-hybridized carbons (Fsp3) is 0.333. The second-order valence-corrected chi connectivity index (χ2v) is 9.31. The van der Waals surface area contributed by atoms with Gasteiger partial charge < -0.3 is 4.90 Å². The summed E-state index contributed by atoms with van der Waals surface area (Å²) in [5, 5.41) is 2.47. The SMILES string of the molecule is CC(=O)C(C)(C)C[n+]1c(/C=C2\C=CN(C)c3ccccc32)sc2c1=CCCC=2. The molecule has 1 aliphatic heterocycles. The third kappa shape index (κ3) is 3.37. The van der Waals surface area contributed by atoms with Gasteiger partial charge >= 0.3 is 0 Å². The summed E-state index contributed by atoms with van der Waals surface area (Å²) in [6, 6.07) is 8.50. The minimum atomic E-state index is -0.390. The molecular weight excluding hydrogens is 364 g/mol. The number of Topliss-reactive ketones (excluding diaryl/α,β-unsaturated/α-hetero) is 1. The number of carbonyl (C=O) groups is 1.